The van der Waals surface area contributed by atoms with E-state index < -0.39 is 95.0 Å². The van der Waals surface area contributed by atoms with E-state index in [1.807, 2.05) is 0 Å². The van der Waals surface area contributed by atoms with Crippen LogP contribution in [0.1, 0.15) is 246 Å². The van der Waals surface area contributed by atoms with Crippen LogP contribution in [0.3, 0.4) is 0 Å². The number of esters is 1. The minimum absolute atomic E-state index is 0. The zero-order valence-corrected chi connectivity index (χ0v) is 55.2. The smallest absolute Gasteiger partial charge is 1.00 e. The van der Waals surface area contributed by atoms with Crippen LogP contribution in [-0.2, 0) is 33.4 Å². The molecule has 0 atom stereocenters. The van der Waals surface area contributed by atoms with E-state index in [2.05, 4.69) is 49.8 Å². The number of carbonyl (C=O) groups is 6. The maximum Gasteiger partial charge on any atom is 1.00 e. The van der Waals surface area contributed by atoms with Crippen LogP contribution in [0, 0.1) is 5.41 Å². The number of unbranched alkanes of at least 4 members (excludes halogenated alkanes) is 14. The number of aliphatic hydroxyl groups excluding tert-OH is 4. The molecule has 0 fully saturated rings. The number of halogens is 2. The molecule has 0 aliphatic rings. The number of hydrogen-bond acceptors (Lipinski definition) is 16. The van der Waals surface area contributed by atoms with Gasteiger partial charge in [0.25, 0.3) is 0 Å². The second-order valence-corrected chi connectivity index (χ2v) is 19.9. The summed E-state index contributed by atoms with van der Waals surface area (Å²) in [5, 5.41) is 51.6. The number of nitrogens with zero attached hydrogens (tertiary/aromatic N) is 4. The first kappa shape index (κ1) is 69.9. The normalized spacial score (nSPS) is 13.7. The topological polar surface area (TPSA) is 314 Å². The number of rotatable bonds is 29. The number of hydrogen-bond donors (Lipinski definition) is 9. The molecular weight excluding hydrogens is 1140 g/mol. The number of likely N-dealkylation sites (N-methyl/N-ethyl adjacent to an activating group) is 3. The van der Waals surface area contributed by atoms with E-state index in [0.717, 1.165) is 38.5 Å². The molecule has 0 unspecified atom stereocenters. The maximum absolute atomic E-state index is 12.3. The van der Waals surface area contributed by atoms with E-state index in [9.17, 15) is 33.9 Å². The predicted molar refractivity (Wildman–Crippen MR) is 348 cm³/mol. The van der Waals surface area contributed by atoms with E-state index in [1.165, 1.54) is 76.7 Å². The van der Waals surface area contributed by atoms with Crippen molar-refractivity contribution in [2.75, 3.05) is 80.4 Å². The van der Waals surface area contributed by atoms with Crippen LogP contribution in [0.25, 0.3) is 0 Å². The van der Waals surface area contributed by atoms with Gasteiger partial charge in [0.2, 0.25) is 23.7 Å². The molecule has 3 radical (unpaired) electrons. The molecule has 495 valence electrons. The van der Waals surface area contributed by atoms with Crippen molar-refractivity contribution in [1.82, 2.24) is 31.1 Å². The molecule has 22 nitrogen and oxygen atoms in total. The van der Waals surface area contributed by atoms with Crippen molar-refractivity contribution >= 4 is 98.0 Å². The maximum atomic E-state index is 12.3. The van der Waals surface area contributed by atoms with Crippen LogP contribution in [0.2, 0.25) is 0 Å². The van der Waals surface area contributed by atoms with Gasteiger partial charge in [0.15, 0.2) is 11.1 Å². The molecule has 0 saturated heterocycles. The van der Waals surface area contributed by atoms with E-state index >= 15 is 0 Å². The van der Waals surface area contributed by atoms with Crippen molar-refractivity contribution in [2.45, 2.75) is 235 Å². The molecular formula is C57H120BCl2LiN9O13S. The third-order valence-corrected chi connectivity index (χ3v) is 9.84. The molecule has 0 aromatic heterocycles. The van der Waals surface area contributed by atoms with Gasteiger partial charge < -0.3 is 56.5 Å². The Kier molecular flexibility index (Phi) is 61.7. The number of aliphatic hydroxyl groups is 4. The van der Waals surface area contributed by atoms with Crippen molar-refractivity contribution in [3.05, 3.63) is 0 Å². The molecule has 0 heterocycles. The van der Waals surface area contributed by atoms with Gasteiger partial charge in [-0.25, -0.2) is 9.59 Å². The summed E-state index contributed by atoms with van der Waals surface area (Å²) in [6.07, 6.45) is 18.8. The first-order valence-electron chi connectivity index (χ1n) is 35.0. The van der Waals surface area contributed by atoms with Crippen molar-refractivity contribution in [3.63, 3.8) is 0 Å². The Balaban J connectivity index is -0.000000112. The van der Waals surface area contributed by atoms with Gasteiger partial charge in [0, 0.05) is 94.9 Å². The van der Waals surface area contributed by atoms with E-state index in [1.54, 1.807) is 54.7 Å². The summed E-state index contributed by atoms with van der Waals surface area (Å²) in [5.74, 6) is -2.37. The van der Waals surface area contributed by atoms with Crippen LogP contribution in [0.15, 0.2) is 9.98 Å². The van der Waals surface area contributed by atoms with E-state index in [0.29, 0.717) is 29.1 Å². The molecule has 27 heteroatoms. The molecule has 84 heavy (non-hydrogen) atoms. The Morgan fingerprint density at radius 2 is 1.02 bits per heavy atom. The van der Waals surface area contributed by atoms with Crippen LogP contribution >= 0.6 is 36.6 Å². The fraction of sp³-hybridized carbons (Fsp3) is 0.842. The second-order valence-electron chi connectivity index (χ2n) is 19.1. The summed E-state index contributed by atoms with van der Waals surface area (Å²) < 4.78 is 119. The van der Waals surface area contributed by atoms with Gasteiger partial charge in [-0.15, -0.1) is 29.8 Å². The minimum Gasteiger partial charge on any atom is -1.00 e. The summed E-state index contributed by atoms with van der Waals surface area (Å²) in [5.41, 5.74) is -1.41. The van der Waals surface area contributed by atoms with E-state index in [4.69, 9.17) is 50.8 Å². The van der Waals surface area contributed by atoms with Crippen LogP contribution in [-0.4, -0.2) is 183 Å². The average Bonchev–Trinajstić information content (AvgIpc) is 0.848. The van der Waals surface area contributed by atoms with Crippen molar-refractivity contribution in [1.29, 1.82) is 5.41 Å². The number of aliphatic imine (C=N–C) groups is 2. The monoisotopic (exact) mass is 1270 g/mol. The summed E-state index contributed by atoms with van der Waals surface area (Å²) in [4.78, 5) is 77.6. The zero-order valence-electron chi connectivity index (χ0n) is 68.8. The number of methoxy groups -OCH3 is 1. The third-order valence-electron chi connectivity index (χ3n) is 9.26. The Hall–Kier alpha value is -3.18. The second kappa shape index (κ2) is 74.1. The molecule has 0 aromatic carbocycles. The number of nitrogens with one attached hydrogen (secondary N) is 5. The van der Waals surface area contributed by atoms with Gasteiger partial charge in [-0.2, -0.15) is 4.99 Å². The van der Waals surface area contributed by atoms with Crippen molar-refractivity contribution in [3.8, 4) is 0 Å². The number of ether oxygens (including phenoxy) is 3. The molecule has 0 bridgehead atoms. The summed E-state index contributed by atoms with van der Waals surface area (Å²) in [6.45, 7) is 3.59. The largest absolute Gasteiger partial charge is 1.00 e. The molecule has 5 amide bonds. The van der Waals surface area contributed by atoms with Gasteiger partial charge in [-0.05, 0) is 80.5 Å². The molecule has 0 aromatic rings. The number of thioether (sulfide) groups is 1. The fourth-order valence-corrected chi connectivity index (χ4v) is 5.65. The standard InChI is InChI=1S/C20H39N3O4.C15H31N3O2.C10H18N2O3S.C5H10O2.C4H10O.C3H9NO.B.2ClH.Li.H/c1-6-7-8-9-10-11-12-13-14-17(25)21-18(23(5)15-16-24)22-19(26)27-20(2,3)4;1-3-4-5-6-7-8-9-10-11-14(20)17-15(16)18(2)12-13-19;1-6-7(13)11-8(16-5)12-9(14)15-10(2,3)4;1-3-4-5(6)7-2;1-2-3-4-5;1-4-2-3-5;;;;;/h24H,6-16H2,1-5H3,(H,21,22,25,26);19H,3-13H2,1-2H3,(H2,16,17,20);6H2,1-5H3,(H,11,12,13,14);3-4H2,1-2H3;5H,2-4H2,1H3;4-5H,2-3H2,1H3;;2*1H;;/q;;;;;;;;;+1;-1/i5D3;2D3;;3*1D3;;;;;. The van der Waals surface area contributed by atoms with Crippen LogP contribution in [0.5, 0.6) is 0 Å². The molecule has 0 aliphatic heterocycles. The first-order chi connectivity index (χ1) is 43.6. The number of amides is 5. The van der Waals surface area contributed by atoms with Gasteiger partial charge in [-0.3, -0.25) is 35.2 Å². The first-order valence-corrected chi connectivity index (χ1v) is 28.8. The van der Waals surface area contributed by atoms with Crippen molar-refractivity contribution in [2.24, 2.45) is 9.98 Å². The van der Waals surface area contributed by atoms with Crippen LogP contribution < -0.4 is 40.1 Å². The van der Waals surface area contributed by atoms with Gasteiger partial charge >= 0.3 is 37.0 Å². The molecule has 0 rings (SSSR count). The van der Waals surface area contributed by atoms with Gasteiger partial charge in [-0.1, -0.05) is 143 Å². The summed E-state index contributed by atoms with van der Waals surface area (Å²) in [7, 11) is 1.24. The quantitative estimate of drug-likeness (QED) is 0.00907. The summed E-state index contributed by atoms with van der Waals surface area (Å²) >= 11 is 1.19. The molecule has 0 saturated carbocycles. The van der Waals surface area contributed by atoms with Crippen molar-refractivity contribution < 1.29 is 104 Å². The van der Waals surface area contributed by atoms with Gasteiger partial charge in [0.1, 0.15) is 11.2 Å². The fourth-order valence-electron chi connectivity index (χ4n) is 5.27. The average molecular weight is 1280 g/mol. The Bertz CT molecular complexity index is 2130. The predicted octanol–water partition coefficient (Wildman–Crippen LogP) is 7.02. The SMILES string of the molecule is CCC(=O)NC(=NC(=O)OC(C)(C)C)SC.Cl.Cl.[2H]C([2H])([2H])CCC(=O)OC.[2H]C([2H])([2H])CCCO.[2H]C([2H])([2H])N(CCO)C(=N)NC(=O)CCCCCCCCCC.[2H]C([2H])([2H])N(CCO)C(=NC(=O)OC(C)(C)C)NC(=O)CCCCCCCCCC.[2H]C([2H])([2H])NCCO.[B].[H-].[Li+]. The Morgan fingerprint density at radius 3 is 1.37 bits per heavy atom. The zero-order chi connectivity index (χ0) is 75.1. The Morgan fingerprint density at radius 1 is 0.583 bits per heavy atom. The molecule has 0 spiro atoms. The van der Waals surface area contributed by atoms with E-state index in [-0.39, 0.29) is 135 Å². The third kappa shape index (κ3) is 87.6. The number of guanidine groups is 2. The van der Waals surface area contributed by atoms with Gasteiger partial charge in [0.05, 0.1) is 26.9 Å². The van der Waals surface area contributed by atoms with Crippen LogP contribution in [0.4, 0.5) is 9.59 Å². The molecule has 9 N–H and O–H groups in total. The number of amidine groups is 1. The minimum atomic E-state index is -2.70. The molecule has 0 aliphatic carbocycles. The summed E-state index contributed by atoms with van der Waals surface area (Å²) in [6, 6.07) is 0. The Labute approximate surface area is 561 Å². The number of carbonyl (C=O) groups excluding carboxylic acids is 6.